The Bertz CT molecular complexity index is 814. The second-order valence-corrected chi connectivity index (χ2v) is 8.19. The molecule has 2 aromatic heterocycles. The highest BCUT2D eigenvalue weighted by Crippen LogP contribution is 2.32. The minimum absolute atomic E-state index is 0.210. The van der Waals surface area contributed by atoms with E-state index in [4.69, 9.17) is 0 Å². The molecule has 0 aromatic carbocycles. The highest BCUT2D eigenvalue weighted by molar-refractivity contribution is 7.89. The summed E-state index contributed by atoms with van der Waals surface area (Å²) in [6, 6.07) is 5.15. The van der Waals surface area contributed by atoms with Crippen LogP contribution in [0.25, 0.3) is 0 Å². The van der Waals surface area contributed by atoms with Crippen molar-refractivity contribution in [3.8, 4) is 0 Å². The predicted octanol–water partition coefficient (Wildman–Crippen LogP) is 1.56. The number of sulfonamides is 1. The van der Waals surface area contributed by atoms with Crippen molar-refractivity contribution >= 4 is 26.4 Å². The summed E-state index contributed by atoms with van der Waals surface area (Å²) in [5.74, 6) is 0. The van der Waals surface area contributed by atoms with Crippen LogP contribution in [-0.2, 0) is 16.6 Å². The first-order valence-corrected chi connectivity index (χ1v) is 9.64. The second-order valence-electron chi connectivity index (χ2n) is 5.39. The molecule has 2 aromatic rings. The number of hydrogen-bond acceptors (Lipinski definition) is 7. The van der Waals surface area contributed by atoms with Crippen molar-refractivity contribution in [2.24, 2.45) is 0 Å². The molecule has 1 aliphatic heterocycles. The zero-order chi connectivity index (χ0) is 17.2. The quantitative estimate of drug-likeness (QED) is 0.587. The lowest BCUT2D eigenvalue weighted by atomic mass is 10.2. The van der Waals surface area contributed by atoms with Gasteiger partial charge >= 0.3 is 5.00 Å². The van der Waals surface area contributed by atoms with E-state index in [9.17, 15) is 18.5 Å². The Hall–Kier alpha value is -1.88. The molecule has 1 fully saturated rings. The lowest BCUT2D eigenvalue weighted by molar-refractivity contribution is -0.383. The van der Waals surface area contributed by atoms with E-state index in [1.807, 2.05) is 12.1 Å². The van der Waals surface area contributed by atoms with Crippen LogP contribution in [-0.4, -0.2) is 53.7 Å². The van der Waals surface area contributed by atoms with Gasteiger partial charge in [-0.2, -0.15) is 4.31 Å². The van der Waals surface area contributed by atoms with Gasteiger partial charge in [-0.25, -0.2) is 8.42 Å². The first-order valence-electron chi connectivity index (χ1n) is 7.32. The molecule has 1 saturated heterocycles. The summed E-state index contributed by atoms with van der Waals surface area (Å²) in [5.41, 5.74) is 1.07. The molecule has 8 nitrogen and oxygen atoms in total. The van der Waals surface area contributed by atoms with E-state index in [1.54, 1.807) is 12.4 Å². The Labute approximate surface area is 143 Å². The van der Waals surface area contributed by atoms with Crippen molar-refractivity contribution in [3.05, 3.63) is 51.7 Å². The zero-order valence-electron chi connectivity index (χ0n) is 12.7. The molecule has 128 valence electrons. The normalized spacial score (nSPS) is 17.0. The lowest BCUT2D eigenvalue weighted by Gasteiger charge is -2.33. The van der Waals surface area contributed by atoms with Crippen molar-refractivity contribution in [3.63, 3.8) is 0 Å². The van der Waals surface area contributed by atoms with Crippen LogP contribution in [0.15, 0.2) is 40.9 Å². The fraction of sp³-hybridized carbons (Fsp3) is 0.357. The Morgan fingerprint density at radius 3 is 2.62 bits per heavy atom. The summed E-state index contributed by atoms with van der Waals surface area (Å²) in [4.78, 5) is 16.3. The fourth-order valence-corrected chi connectivity index (χ4v) is 5.24. The summed E-state index contributed by atoms with van der Waals surface area (Å²) in [5, 5.41) is 12.1. The number of thiophene rings is 1. The van der Waals surface area contributed by atoms with Crippen LogP contribution in [0.4, 0.5) is 5.00 Å². The van der Waals surface area contributed by atoms with Crippen LogP contribution in [0, 0.1) is 10.1 Å². The summed E-state index contributed by atoms with van der Waals surface area (Å²) in [7, 11) is -3.83. The van der Waals surface area contributed by atoms with Crippen LogP contribution in [0.2, 0.25) is 0 Å². The molecule has 0 N–H and O–H groups in total. The van der Waals surface area contributed by atoms with E-state index < -0.39 is 14.9 Å². The molecule has 0 saturated carbocycles. The van der Waals surface area contributed by atoms with E-state index in [0.717, 1.165) is 16.9 Å². The van der Waals surface area contributed by atoms with Gasteiger partial charge in [0.2, 0.25) is 0 Å². The third-order valence-electron chi connectivity index (χ3n) is 3.85. The molecule has 0 radical (unpaired) electrons. The summed E-state index contributed by atoms with van der Waals surface area (Å²) >= 11 is 0.829. The summed E-state index contributed by atoms with van der Waals surface area (Å²) in [6.07, 6.45) is 3.50. The van der Waals surface area contributed by atoms with Gasteiger partial charge in [-0.3, -0.25) is 20.0 Å². The van der Waals surface area contributed by atoms with Crippen molar-refractivity contribution in [1.82, 2.24) is 14.2 Å². The van der Waals surface area contributed by atoms with Crippen LogP contribution in [0.3, 0.4) is 0 Å². The van der Waals surface area contributed by atoms with Gasteiger partial charge in [0.05, 0.1) is 4.92 Å². The Kier molecular flexibility index (Phi) is 4.90. The number of hydrogen-bond donors (Lipinski definition) is 0. The molecule has 24 heavy (non-hydrogen) atoms. The highest BCUT2D eigenvalue weighted by atomic mass is 32.2. The Balaban J connectivity index is 1.67. The molecular weight excluding hydrogens is 352 g/mol. The lowest BCUT2D eigenvalue weighted by Crippen LogP contribution is -2.48. The molecule has 10 heteroatoms. The summed E-state index contributed by atoms with van der Waals surface area (Å²) < 4.78 is 26.6. The Morgan fingerprint density at radius 2 is 2.00 bits per heavy atom. The first-order chi connectivity index (χ1) is 11.5. The molecule has 0 bridgehead atoms. The number of piperazine rings is 1. The minimum Gasteiger partial charge on any atom is -0.296 e. The van der Waals surface area contributed by atoms with Crippen LogP contribution in [0.5, 0.6) is 0 Å². The van der Waals surface area contributed by atoms with Gasteiger partial charge in [0.25, 0.3) is 10.0 Å². The van der Waals surface area contributed by atoms with Crippen molar-refractivity contribution in [2.45, 2.75) is 11.4 Å². The number of aromatic nitrogens is 1. The predicted molar refractivity (Wildman–Crippen MR) is 89.2 cm³/mol. The van der Waals surface area contributed by atoms with E-state index in [0.29, 0.717) is 32.7 Å². The van der Waals surface area contributed by atoms with Crippen LogP contribution >= 0.6 is 11.3 Å². The standard InChI is InChI=1S/C14H16N4O4S2/c19-18(20)14-13(3-9-23-14)24(21,22)17-7-5-16(6-8-17)11-12-2-1-4-15-10-12/h1-4,9-10H,5-8,11H2. The summed E-state index contributed by atoms with van der Waals surface area (Å²) in [6.45, 7) is 2.49. The molecule has 1 aliphatic rings. The van der Waals surface area contributed by atoms with Gasteiger partial charge in [0.15, 0.2) is 4.90 Å². The van der Waals surface area contributed by atoms with Gasteiger partial charge in [0.1, 0.15) is 0 Å². The topological polar surface area (TPSA) is 96.6 Å². The van der Waals surface area contributed by atoms with Gasteiger partial charge in [-0.05, 0) is 23.1 Å². The monoisotopic (exact) mass is 368 g/mol. The van der Waals surface area contributed by atoms with Gasteiger partial charge in [0, 0.05) is 45.1 Å². The van der Waals surface area contributed by atoms with Crippen molar-refractivity contribution in [1.29, 1.82) is 0 Å². The van der Waals surface area contributed by atoms with Gasteiger partial charge in [-0.1, -0.05) is 17.4 Å². The second kappa shape index (κ2) is 6.93. The van der Waals surface area contributed by atoms with E-state index >= 15 is 0 Å². The SMILES string of the molecule is O=[N+]([O-])c1sccc1S(=O)(=O)N1CCN(Cc2cccnc2)CC1. The Morgan fingerprint density at radius 1 is 1.25 bits per heavy atom. The van der Waals surface area contributed by atoms with Gasteiger partial charge < -0.3 is 0 Å². The zero-order valence-corrected chi connectivity index (χ0v) is 14.4. The van der Waals surface area contributed by atoms with E-state index in [1.165, 1.54) is 15.8 Å². The third kappa shape index (κ3) is 3.46. The van der Waals surface area contributed by atoms with Crippen LogP contribution < -0.4 is 0 Å². The molecule has 0 aliphatic carbocycles. The number of nitro groups is 1. The molecule has 0 unspecified atom stereocenters. The average molecular weight is 368 g/mol. The number of nitrogens with zero attached hydrogens (tertiary/aromatic N) is 4. The maximum absolute atomic E-state index is 12.6. The van der Waals surface area contributed by atoms with E-state index in [-0.39, 0.29) is 9.90 Å². The number of pyridine rings is 1. The number of rotatable bonds is 5. The van der Waals surface area contributed by atoms with Crippen molar-refractivity contribution < 1.29 is 13.3 Å². The van der Waals surface area contributed by atoms with Crippen LogP contribution in [0.1, 0.15) is 5.56 Å². The van der Waals surface area contributed by atoms with Gasteiger partial charge in [-0.15, -0.1) is 0 Å². The molecular formula is C14H16N4O4S2. The maximum atomic E-state index is 12.6. The molecule has 0 amide bonds. The average Bonchev–Trinajstić information content (AvgIpc) is 3.07. The minimum atomic E-state index is -3.83. The fourth-order valence-electron chi connectivity index (χ4n) is 2.64. The largest absolute Gasteiger partial charge is 0.344 e. The molecule has 0 spiro atoms. The maximum Gasteiger partial charge on any atom is 0.344 e. The molecule has 0 atom stereocenters. The highest BCUT2D eigenvalue weighted by Gasteiger charge is 2.34. The van der Waals surface area contributed by atoms with Crippen molar-refractivity contribution in [2.75, 3.05) is 26.2 Å². The van der Waals surface area contributed by atoms with E-state index in [2.05, 4.69) is 9.88 Å². The smallest absolute Gasteiger partial charge is 0.296 e. The first kappa shape index (κ1) is 17.0. The third-order valence-corrected chi connectivity index (χ3v) is 6.78. The molecule has 3 rings (SSSR count). The molecule has 3 heterocycles.